The Labute approximate surface area is 109 Å². The van der Waals surface area contributed by atoms with Crippen LogP contribution in [0, 0.1) is 5.41 Å². The average molecular weight is 248 g/mol. The smallest absolute Gasteiger partial charge is 0.154 e. The van der Waals surface area contributed by atoms with E-state index < -0.39 is 0 Å². The van der Waals surface area contributed by atoms with E-state index in [-0.39, 0.29) is 0 Å². The van der Waals surface area contributed by atoms with Crippen molar-refractivity contribution in [3.8, 4) is 0 Å². The summed E-state index contributed by atoms with van der Waals surface area (Å²) in [4.78, 5) is 4.80. The maximum absolute atomic E-state index is 5.94. The molecule has 0 saturated heterocycles. The van der Waals surface area contributed by atoms with E-state index in [4.69, 9.17) is 10.7 Å². The van der Waals surface area contributed by atoms with Gasteiger partial charge in [-0.15, -0.1) is 0 Å². The molecule has 2 saturated carbocycles. The molecule has 4 heteroatoms. The Morgan fingerprint density at radius 1 is 1.28 bits per heavy atom. The van der Waals surface area contributed by atoms with Crippen LogP contribution in [0.1, 0.15) is 62.5 Å². The van der Waals surface area contributed by atoms with E-state index in [0.717, 1.165) is 24.6 Å². The van der Waals surface area contributed by atoms with Crippen LogP contribution >= 0.6 is 0 Å². The molecule has 2 aliphatic carbocycles. The van der Waals surface area contributed by atoms with Crippen LogP contribution in [0.3, 0.4) is 0 Å². The second-order valence-electron chi connectivity index (χ2n) is 6.23. The van der Waals surface area contributed by atoms with E-state index in [2.05, 4.69) is 5.10 Å². The van der Waals surface area contributed by atoms with Crippen LogP contribution in [-0.4, -0.2) is 21.3 Å². The molecule has 1 heterocycles. The van der Waals surface area contributed by atoms with E-state index in [1.807, 2.05) is 11.7 Å². The highest BCUT2D eigenvalue weighted by atomic mass is 15.3. The highest BCUT2D eigenvalue weighted by molar-refractivity contribution is 5.05. The fraction of sp³-hybridized carbons (Fsp3) is 0.857. The SMILES string of the molecule is Cn1nc(C2CCCC2)nc1CC1(CN)CCC1. The standard InChI is InChI=1S/C14H24N4/c1-18-12(9-14(10-15)7-4-8-14)16-13(17-18)11-5-2-3-6-11/h11H,2-10,15H2,1H3. The lowest BCUT2D eigenvalue weighted by atomic mass is 9.66. The molecule has 0 bridgehead atoms. The topological polar surface area (TPSA) is 56.7 Å². The van der Waals surface area contributed by atoms with E-state index >= 15 is 0 Å². The second-order valence-corrected chi connectivity index (χ2v) is 6.23. The van der Waals surface area contributed by atoms with Crippen LogP contribution in [0.15, 0.2) is 0 Å². The molecule has 0 spiro atoms. The number of hydrogen-bond acceptors (Lipinski definition) is 3. The fourth-order valence-electron chi connectivity index (χ4n) is 3.41. The first-order chi connectivity index (χ1) is 8.72. The first-order valence-electron chi connectivity index (χ1n) is 7.32. The van der Waals surface area contributed by atoms with Gasteiger partial charge in [0, 0.05) is 19.4 Å². The molecule has 3 rings (SSSR count). The first-order valence-corrected chi connectivity index (χ1v) is 7.32. The summed E-state index contributed by atoms with van der Waals surface area (Å²) in [6.07, 6.45) is 10.1. The molecular weight excluding hydrogens is 224 g/mol. The molecule has 100 valence electrons. The third-order valence-corrected chi connectivity index (χ3v) is 4.97. The van der Waals surface area contributed by atoms with E-state index in [1.165, 1.54) is 44.9 Å². The molecule has 0 amide bonds. The van der Waals surface area contributed by atoms with Crippen molar-refractivity contribution in [2.75, 3.05) is 6.54 Å². The lowest BCUT2D eigenvalue weighted by molar-refractivity contribution is 0.140. The summed E-state index contributed by atoms with van der Waals surface area (Å²) in [6.45, 7) is 0.790. The maximum atomic E-state index is 5.94. The summed E-state index contributed by atoms with van der Waals surface area (Å²) < 4.78 is 1.99. The van der Waals surface area contributed by atoms with Gasteiger partial charge in [0.25, 0.3) is 0 Å². The zero-order valence-corrected chi connectivity index (χ0v) is 11.4. The Balaban J connectivity index is 1.75. The molecule has 1 aromatic heterocycles. The van der Waals surface area contributed by atoms with Gasteiger partial charge in [0.05, 0.1) is 0 Å². The number of rotatable bonds is 4. The molecule has 2 N–H and O–H groups in total. The molecule has 0 aliphatic heterocycles. The van der Waals surface area contributed by atoms with Gasteiger partial charge in [-0.1, -0.05) is 19.3 Å². The van der Waals surface area contributed by atoms with Crippen LogP contribution in [0.25, 0.3) is 0 Å². The maximum Gasteiger partial charge on any atom is 0.154 e. The van der Waals surface area contributed by atoms with E-state index in [0.29, 0.717) is 11.3 Å². The number of aromatic nitrogens is 3. The van der Waals surface area contributed by atoms with Crippen molar-refractivity contribution in [1.82, 2.24) is 14.8 Å². The Hall–Kier alpha value is -0.900. The Morgan fingerprint density at radius 3 is 2.56 bits per heavy atom. The normalized spacial score (nSPS) is 23.2. The van der Waals surface area contributed by atoms with Crippen LogP contribution in [0.5, 0.6) is 0 Å². The molecule has 0 radical (unpaired) electrons. The second kappa shape index (κ2) is 4.65. The van der Waals surface area contributed by atoms with Gasteiger partial charge in [0.15, 0.2) is 5.82 Å². The molecule has 0 unspecified atom stereocenters. The minimum Gasteiger partial charge on any atom is -0.330 e. The fourth-order valence-corrected chi connectivity index (χ4v) is 3.41. The molecule has 1 aromatic rings. The summed E-state index contributed by atoms with van der Waals surface area (Å²) in [6, 6.07) is 0. The highest BCUT2D eigenvalue weighted by Crippen LogP contribution is 2.42. The van der Waals surface area contributed by atoms with Gasteiger partial charge in [-0.3, -0.25) is 4.68 Å². The van der Waals surface area contributed by atoms with Crippen molar-refractivity contribution in [1.29, 1.82) is 0 Å². The lowest BCUT2D eigenvalue weighted by Gasteiger charge is -2.40. The zero-order valence-electron chi connectivity index (χ0n) is 11.4. The molecule has 2 fully saturated rings. The molecule has 0 aromatic carbocycles. The minimum absolute atomic E-state index is 0.327. The summed E-state index contributed by atoms with van der Waals surface area (Å²) in [7, 11) is 2.03. The number of nitrogens with two attached hydrogens (primary N) is 1. The summed E-state index contributed by atoms with van der Waals surface area (Å²) >= 11 is 0. The van der Waals surface area contributed by atoms with E-state index in [1.54, 1.807) is 0 Å². The number of nitrogens with zero attached hydrogens (tertiary/aromatic N) is 3. The Morgan fingerprint density at radius 2 is 2.00 bits per heavy atom. The van der Waals surface area contributed by atoms with Crippen molar-refractivity contribution in [2.24, 2.45) is 18.2 Å². The van der Waals surface area contributed by atoms with Gasteiger partial charge in [-0.05, 0) is 37.6 Å². The van der Waals surface area contributed by atoms with Crippen LogP contribution < -0.4 is 5.73 Å². The van der Waals surface area contributed by atoms with Crippen LogP contribution in [0.4, 0.5) is 0 Å². The predicted octanol–water partition coefficient (Wildman–Crippen LogP) is 2.14. The Kier molecular flexibility index (Phi) is 3.14. The minimum atomic E-state index is 0.327. The van der Waals surface area contributed by atoms with Crippen molar-refractivity contribution < 1.29 is 0 Å². The summed E-state index contributed by atoms with van der Waals surface area (Å²) in [5.74, 6) is 2.83. The monoisotopic (exact) mass is 248 g/mol. The third kappa shape index (κ3) is 2.07. The first kappa shape index (κ1) is 12.2. The molecule has 0 atom stereocenters. The van der Waals surface area contributed by atoms with Gasteiger partial charge in [0.1, 0.15) is 5.82 Å². The summed E-state index contributed by atoms with van der Waals surface area (Å²) in [5, 5.41) is 4.63. The summed E-state index contributed by atoms with van der Waals surface area (Å²) in [5.41, 5.74) is 6.27. The predicted molar refractivity (Wildman–Crippen MR) is 71.3 cm³/mol. The van der Waals surface area contributed by atoms with Gasteiger partial charge in [-0.25, -0.2) is 4.98 Å². The lowest BCUT2D eigenvalue weighted by Crippen LogP contribution is -2.39. The molecule has 2 aliphatic rings. The van der Waals surface area contributed by atoms with E-state index in [9.17, 15) is 0 Å². The number of aryl methyl sites for hydroxylation is 1. The van der Waals surface area contributed by atoms with Crippen molar-refractivity contribution in [3.05, 3.63) is 11.6 Å². The largest absolute Gasteiger partial charge is 0.330 e. The highest BCUT2D eigenvalue weighted by Gasteiger charge is 2.37. The number of hydrogen-bond donors (Lipinski definition) is 1. The van der Waals surface area contributed by atoms with Gasteiger partial charge in [0.2, 0.25) is 0 Å². The molecule has 18 heavy (non-hydrogen) atoms. The zero-order chi connectivity index (χ0) is 12.6. The molecule has 4 nitrogen and oxygen atoms in total. The van der Waals surface area contributed by atoms with Crippen LogP contribution in [-0.2, 0) is 13.5 Å². The van der Waals surface area contributed by atoms with Crippen molar-refractivity contribution in [3.63, 3.8) is 0 Å². The van der Waals surface area contributed by atoms with Crippen molar-refractivity contribution in [2.45, 2.75) is 57.3 Å². The van der Waals surface area contributed by atoms with Gasteiger partial charge in [-0.2, -0.15) is 5.10 Å². The average Bonchev–Trinajstić information content (AvgIpc) is 2.93. The van der Waals surface area contributed by atoms with Crippen molar-refractivity contribution >= 4 is 0 Å². The van der Waals surface area contributed by atoms with Gasteiger partial charge < -0.3 is 5.73 Å². The third-order valence-electron chi connectivity index (χ3n) is 4.97. The Bertz CT molecular complexity index is 408. The van der Waals surface area contributed by atoms with Crippen LogP contribution in [0.2, 0.25) is 0 Å². The molecular formula is C14H24N4. The van der Waals surface area contributed by atoms with Gasteiger partial charge >= 0.3 is 0 Å². The quantitative estimate of drug-likeness (QED) is 0.888.